The molecule has 0 amide bonds. The van der Waals surface area contributed by atoms with E-state index in [0.717, 1.165) is 16.9 Å². The van der Waals surface area contributed by atoms with Crippen LogP contribution in [0.25, 0.3) is 0 Å². The fourth-order valence-corrected chi connectivity index (χ4v) is 1.26. The van der Waals surface area contributed by atoms with Gasteiger partial charge in [-0.3, -0.25) is 4.68 Å². The number of rotatable bonds is 3. The molecule has 0 fully saturated rings. The highest BCUT2D eigenvalue weighted by molar-refractivity contribution is 5.83. The predicted octanol–water partition coefficient (Wildman–Crippen LogP) is 1.60. The van der Waals surface area contributed by atoms with E-state index in [-0.39, 0.29) is 5.84 Å². The van der Waals surface area contributed by atoms with E-state index < -0.39 is 17.9 Å². The summed E-state index contributed by atoms with van der Waals surface area (Å²) in [5.41, 5.74) is 4.33. The molecule has 0 aliphatic heterocycles. The standard InChI is InChI=1S/C8H11F3N4O/c1-2-5(7(12)14-16)15-4-3-6(13-15)8(9,10)11/h3-5,16H,2H2,1H3,(H2,12,14). The fourth-order valence-electron chi connectivity index (χ4n) is 1.26. The van der Waals surface area contributed by atoms with Crippen LogP contribution in [-0.2, 0) is 6.18 Å². The summed E-state index contributed by atoms with van der Waals surface area (Å²) in [7, 11) is 0. The molecule has 0 aliphatic rings. The van der Waals surface area contributed by atoms with Crippen molar-refractivity contribution in [2.45, 2.75) is 25.6 Å². The highest BCUT2D eigenvalue weighted by Gasteiger charge is 2.34. The fraction of sp³-hybridized carbons (Fsp3) is 0.500. The van der Waals surface area contributed by atoms with Crippen LogP contribution in [0.5, 0.6) is 0 Å². The Morgan fingerprint density at radius 3 is 2.69 bits per heavy atom. The van der Waals surface area contributed by atoms with E-state index in [2.05, 4.69) is 10.3 Å². The van der Waals surface area contributed by atoms with Crippen molar-refractivity contribution in [3.63, 3.8) is 0 Å². The van der Waals surface area contributed by atoms with Gasteiger partial charge < -0.3 is 10.9 Å². The summed E-state index contributed by atoms with van der Waals surface area (Å²) in [6.45, 7) is 1.69. The molecule has 0 spiro atoms. The summed E-state index contributed by atoms with van der Waals surface area (Å²) in [5.74, 6) is -0.181. The number of halogens is 3. The van der Waals surface area contributed by atoms with Gasteiger partial charge in [-0.2, -0.15) is 18.3 Å². The Hall–Kier alpha value is -1.73. The van der Waals surface area contributed by atoms with Crippen LogP contribution in [0.3, 0.4) is 0 Å². The lowest BCUT2D eigenvalue weighted by Crippen LogP contribution is -2.27. The Bertz CT molecular complexity index is 385. The van der Waals surface area contributed by atoms with Crippen molar-refractivity contribution in [2.24, 2.45) is 10.9 Å². The first-order valence-electron chi connectivity index (χ1n) is 4.50. The number of nitrogens with zero attached hydrogens (tertiary/aromatic N) is 3. The minimum Gasteiger partial charge on any atom is -0.409 e. The second-order valence-electron chi connectivity index (χ2n) is 3.13. The Morgan fingerprint density at radius 2 is 2.31 bits per heavy atom. The molecule has 1 rings (SSSR count). The SMILES string of the molecule is CCC(C(N)=NO)n1ccc(C(F)(F)F)n1. The van der Waals surface area contributed by atoms with E-state index >= 15 is 0 Å². The molecule has 0 radical (unpaired) electrons. The van der Waals surface area contributed by atoms with Crippen LogP contribution in [-0.4, -0.2) is 20.8 Å². The van der Waals surface area contributed by atoms with Gasteiger partial charge in [-0.1, -0.05) is 12.1 Å². The zero-order valence-corrected chi connectivity index (χ0v) is 8.44. The minimum atomic E-state index is -4.49. The van der Waals surface area contributed by atoms with Crippen LogP contribution >= 0.6 is 0 Å². The average Bonchev–Trinajstić information content (AvgIpc) is 2.67. The van der Waals surface area contributed by atoms with Crippen molar-refractivity contribution in [3.05, 3.63) is 18.0 Å². The molecule has 1 unspecified atom stereocenters. The second kappa shape index (κ2) is 4.42. The van der Waals surface area contributed by atoms with Crippen LogP contribution in [0, 0.1) is 0 Å². The Labute approximate surface area is 89.3 Å². The van der Waals surface area contributed by atoms with Gasteiger partial charge in [-0.15, -0.1) is 0 Å². The maximum Gasteiger partial charge on any atom is 0.435 e. The van der Waals surface area contributed by atoms with Gasteiger partial charge in [0.05, 0.1) is 0 Å². The van der Waals surface area contributed by atoms with Crippen LogP contribution < -0.4 is 5.73 Å². The molecule has 1 heterocycles. The van der Waals surface area contributed by atoms with Crippen molar-refractivity contribution >= 4 is 5.84 Å². The molecule has 8 heteroatoms. The maximum absolute atomic E-state index is 12.3. The van der Waals surface area contributed by atoms with Gasteiger partial charge in [-0.05, 0) is 12.5 Å². The van der Waals surface area contributed by atoms with Crippen molar-refractivity contribution < 1.29 is 18.4 Å². The van der Waals surface area contributed by atoms with Gasteiger partial charge in [0, 0.05) is 6.20 Å². The topological polar surface area (TPSA) is 76.4 Å². The lowest BCUT2D eigenvalue weighted by molar-refractivity contribution is -0.141. The van der Waals surface area contributed by atoms with Gasteiger partial charge in [0.2, 0.25) is 0 Å². The lowest BCUT2D eigenvalue weighted by Gasteiger charge is -2.13. The molecule has 1 aromatic heterocycles. The number of alkyl halides is 3. The molecule has 0 aromatic carbocycles. The highest BCUT2D eigenvalue weighted by Crippen LogP contribution is 2.28. The van der Waals surface area contributed by atoms with E-state index in [0.29, 0.717) is 6.42 Å². The third-order valence-electron chi connectivity index (χ3n) is 2.06. The van der Waals surface area contributed by atoms with Crippen molar-refractivity contribution in [1.82, 2.24) is 9.78 Å². The average molecular weight is 236 g/mol. The van der Waals surface area contributed by atoms with E-state index in [1.807, 2.05) is 0 Å². The van der Waals surface area contributed by atoms with E-state index in [1.165, 1.54) is 0 Å². The lowest BCUT2D eigenvalue weighted by atomic mass is 10.2. The Kier molecular flexibility index (Phi) is 3.41. The van der Waals surface area contributed by atoms with Crippen LogP contribution in [0.4, 0.5) is 13.2 Å². The number of amidine groups is 1. The Balaban J connectivity index is 3.01. The van der Waals surface area contributed by atoms with Gasteiger partial charge in [0.15, 0.2) is 11.5 Å². The molecule has 0 bridgehead atoms. The van der Waals surface area contributed by atoms with Crippen molar-refractivity contribution in [3.8, 4) is 0 Å². The van der Waals surface area contributed by atoms with E-state index in [4.69, 9.17) is 10.9 Å². The summed E-state index contributed by atoms with van der Waals surface area (Å²) in [6, 6.07) is 0.161. The molecular formula is C8H11F3N4O. The highest BCUT2D eigenvalue weighted by atomic mass is 19.4. The van der Waals surface area contributed by atoms with Crippen molar-refractivity contribution in [2.75, 3.05) is 0 Å². The summed E-state index contributed by atoms with van der Waals surface area (Å²) in [6.07, 6.45) is -2.97. The number of aromatic nitrogens is 2. The molecule has 3 N–H and O–H groups in total. The van der Waals surface area contributed by atoms with Gasteiger partial charge >= 0.3 is 6.18 Å². The third-order valence-corrected chi connectivity index (χ3v) is 2.06. The number of nitrogens with two attached hydrogens (primary N) is 1. The monoisotopic (exact) mass is 236 g/mol. The summed E-state index contributed by atoms with van der Waals surface area (Å²) >= 11 is 0. The largest absolute Gasteiger partial charge is 0.435 e. The molecule has 0 saturated heterocycles. The van der Waals surface area contributed by atoms with E-state index in [9.17, 15) is 13.2 Å². The molecule has 1 atom stereocenters. The van der Waals surface area contributed by atoms with Crippen molar-refractivity contribution in [1.29, 1.82) is 0 Å². The zero-order valence-electron chi connectivity index (χ0n) is 8.44. The molecule has 1 aromatic rings. The molecule has 90 valence electrons. The zero-order chi connectivity index (χ0) is 12.3. The Morgan fingerprint density at radius 1 is 1.69 bits per heavy atom. The first-order valence-corrected chi connectivity index (χ1v) is 4.50. The van der Waals surface area contributed by atoms with Crippen LogP contribution in [0.15, 0.2) is 17.4 Å². The summed E-state index contributed by atoms with van der Waals surface area (Å²) in [5, 5.41) is 14.6. The predicted molar refractivity (Wildman–Crippen MR) is 50.0 cm³/mol. The minimum absolute atomic E-state index is 0.181. The van der Waals surface area contributed by atoms with Crippen LogP contribution in [0.1, 0.15) is 25.1 Å². The second-order valence-corrected chi connectivity index (χ2v) is 3.13. The maximum atomic E-state index is 12.3. The number of hydrogen-bond acceptors (Lipinski definition) is 3. The quantitative estimate of drug-likeness (QED) is 0.362. The van der Waals surface area contributed by atoms with Gasteiger partial charge in [0.25, 0.3) is 0 Å². The third kappa shape index (κ3) is 2.44. The van der Waals surface area contributed by atoms with Gasteiger partial charge in [-0.25, -0.2) is 0 Å². The van der Waals surface area contributed by atoms with Crippen LogP contribution in [0.2, 0.25) is 0 Å². The first-order chi connectivity index (χ1) is 7.40. The normalized spacial score (nSPS) is 15.1. The number of oxime groups is 1. The molecule has 0 saturated carbocycles. The molecule has 16 heavy (non-hydrogen) atoms. The summed E-state index contributed by atoms with van der Waals surface area (Å²) < 4.78 is 37.8. The number of hydrogen-bond donors (Lipinski definition) is 2. The van der Waals surface area contributed by atoms with Gasteiger partial charge in [0.1, 0.15) is 6.04 Å². The molecule has 5 nitrogen and oxygen atoms in total. The molecule has 0 aliphatic carbocycles. The van der Waals surface area contributed by atoms with E-state index in [1.54, 1.807) is 6.92 Å². The smallest absolute Gasteiger partial charge is 0.409 e. The summed E-state index contributed by atoms with van der Waals surface area (Å²) in [4.78, 5) is 0. The molecular weight excluding hydrogens is 225 g/mol. The first kappa shape index (κ1) is 12.3.